The van der Waals surface area contributed by atoms with E-state index in [1.54, 1.807) is 0 Å². The van der Waals surface area contributed by atoms with E-state index in [0.717, 1.165) is 23.9 Å². The van der Waals surface area contributed by atoms with Gasteiger partial charge < -0.3 is 9.80 Å². The summed E-state index contributed by atoms with van der Waals surface area (Å²) in [5.74, 6) is 1.94. The summed E-state index contributed by atoms with van der Waals surface area (Å²) in [5, 5.41) is 0. The van der Waals surface area contributed by atoms with E-state index in [1.165, 1.54) is 19.5 Å². The minimum atomic E-state index is 0.441. The molecule has 1 aliphatic rings. The Morgan fingerprint density at radius 3 is 2.89 bits per heavy atom. The zero-order valence-corrected chi connectivity index (χ0v) is 12.1. The normalized spacial score (nSPS) is 20.3. The van der Waals surface area contributed by atoms with Gasteiger partial charge in [0, 0.05) is 25.8 Å². The number of aryl methyl sites for hydroxylation is 1. The van der Waals surface area contributed by atoms with E-state index in [4.69, 9.17) is 11.6 Å². The van der Waals surface area contributed by atoms with Crippen molar-refractivity contribution < 1.29 is 0 Å². The third-order valence-corrected chi connectivity index (χ3v) is 3.67. The summed E-state index contributed by atoms with van der Waals surface area (Å²) in [5.41, 5.74) is 1.88. The molecule has 100 valence electrons. The Balaban J connectivity index is 2.03. The molecule has 1 aliphatic heterocycles. The number of alkyl halides is 1. The number of hydrogen-bond donors (Lipinski definition) is 0. The quantitative estimate of drug-likeness (QED) is 0.781. The third-order valence-electron chi connectivity index (χ3n) is 3.39. The van der Waals surface area contributed by atoms with Gasteiger partial charge in [0.2, 0.25) is 5.95 Å². The highest BCUT2D eigenvalue weighted by atomic mass is 35.5. The fraction of sp³-hybridized carbons (Fsp3) is 0.692. The van der Waals surface area contributed by atoms with Crippen molar-refractivity contribution in [2.75, 3.05) is 38.6 Å². The molecule has 1 atom stereocenters. The van der Waals surface area contributed by atoms with Crippen LogP contribution in [0.3, 0.4) is 0 Å². The zero-order chi connectivity index (χ0) is 13.1. The van der Waals surface area contributed by atoms with E-state index < -0.39 is 0 Å². The van der Waals surface area contributed by atoms with Crippen LogP contribution in [0, 0.1) is 12.8 Å². The van der Waals surface area contributed by atoms with Crippen molar-refractivity contribution >= 4 is 17.5 Å². The van der Waals surface area contributed by atoms with Gasteiger partial charge in [-0.05, 0) is 38.9 Å². The summed E-state index contributed by atoms with van der Waals surface area (Å²) in [6.07, 6.45) is 1.26. The van der Waals surface area contributed by atoms with Crippen molar-refractivity contribution in [2.45, 2.75) is 19.2 Å². The number of aromatic nitrogens is 2. The maximum Gasteiger partial charge on any atom is 0.225 e. The molecule has 0 N–H and O–H groups in total. The second-order valence-electron chi connectivity index (χ2n) is 5.23. The molecular formula is C13H21ClN4. The van der Waals surface area contributed by atoms with E-state index in [2.05, 4.69) is 33.9 Å². The molecule has 0 aromatic carbocycles. The van der Waals surface area contributed by atoms with Gasteiger partial charge in [-0.15, -0.1) is 11.6 Å². The molecule has 1 unspecified atom stereocenters. The largest absolute Gasteiger partial charge is 0.344 e. The van der Waals surface area contributed by atoms with Gasteiger partial charge >= 0.3 is 0 Å². The van der Waals surface area contributed by atoms with Crippen molar-refractivity contribution in [3.63, 3.8) is 0 Å². The maximum atomic E-state index is 5.85. The van der Waals surface area contributed by atoms with Gasteiger partial charge in [-0.1, -0.05) is 0 Å². The first-order valence-corrected chi connectivity index (χ1v) is 6.92. The van der Waals surface area contributed by atoms with Crippen LogP contribution < -0.4 is 4.90 Å². The standard InChI is InChI=1S/C13H21ClN4/c1-10-6-12(7-14)16-13(15-10)18(3)9-11-4-5-17(2)8-11/h6,11H,4-5,7-9H2,1-3H3. The van der Waals surface area contributed by atoms with Gasteiger partial charge in [0.05, 0.1) is 11.6 Å². The van der Waals surface area contributed by atoms with Crippen LogP contribution in [0.4, 0.5) is 5.95 Å². The average Bonchev–Trinajstić information content (AvgIpc) is 2.73. The number of rotatable bonds is 4. The molecule has 0 radical (unpaired) electrons. The molecule has 4 nitrogen and oxygen atoms in total. The number of hydrogen-bond acceptors (Lipinski definition) is 4. The fourth-order valence-corrected chi connectivity index (χ4v) is 2.64. The summed E-state index contributed by atoms with van der Waals surface area (Å²) in [6.45, 7) is 5.35. The molecule has 2 heterocycles. The number of likely N-dealkylation sites (tertiary alicyclic amines) is 1. The highest BCUT2D eigenvalue weighted by Gasteiger charge is 2.21. The molecule has 2 rings (SSSR count). The Morgan fingerprint density at radius 2 is 2.28 bits per heavy atom. The summed E-state index contributed by atoms with van der Waals surface area (Å²) in [4.78, 5) is 13.5. The second-order valence-corrected chi connectivity index (χ2v) is 5.50. The van der Waals surface area contributed by atoms with Crippen LogP contribution in [0.5, 0.6) is 0 Å². The Kier molecular flexibility index (Phi) is 4.40. The molecule has 1 saturated heterocycles. The van der Waals surface area contributed by atoms with Crippen molar-refractivity contribution in [3.05, 3.63) is 17.5 Å². The lowest BCUT2D eigenvalue weighted by Crippen LogP contribution is -2.28. The number of nitrogens with zero attached hydrogens (tertiary/aromatic N) is 4. The molecule has 0 bridgehead atoms. The SMILES string of the molecule is Cc1cc(CCl)nc(N(C)CC2CCN(C)C2)n1. The van der Waals surface area contributed by atoms with Gasteiger partial charge in [0.25, 0.3) is 0 Å². The monoisotopic (exact) mass is 268 g/mol. The first-order chi connectivity index (χ1) is 8.58. The molecule has 1 fully saturated rings. The molecule has 0 saturated carbocycles. The third kappa shape index (κ3) is 3.33. The Hall–Kier alpha value is -0.870. The molecule has 18 heavy (non-hydrogen) atoms. The molecule has 0 spiro atoms. The van der Waals surface area contributed by atoms with Crippen molar-refractivity contribution in [3.8, 4) is 0 Å². The van der Waals surface area contributed by atoms with E-state index in [-0.39, 0.29) is 0 Å². The fourth-order valence-electron chi connectivity index (χ4n) is 2.50. The van der Waals surface area contributed by atoms with Gasteiger partial charge in [-0.3, -0.25) is 0 Å². The lowest BCUT2D eigenvalue weighted by Gasteiger charge is -2.21. The van der Waals surface area contributed by atoms with Crippen LogP contribution in [0.2, 0.25) is 0 Å². The Morgan fingerprint density at radius 1 is 1.50 bits per heavy atom. The van der Waals surface area contributed by atoms with Crippen LogP contribution in [0.25, 0.3) is 0 Å². The molecule has 0 aliphatic carbocycles. The molecular weight excluding hydrogens is 248 g/mol. The first-order valence-electron chi connectivity index (χ1n) is 6.38. The molecule has 0 amide bonds. The lowest BCUT2D eigenvalue weighted by molar-refractivity contribution is 0.395. The predicted octanol–water partition coefficient (Wildman–Crippen LogP) is 1.91. The molecule has 1 aromatic rings. The van der Waals surface area contributed by atoms with E-state index in [9.17, 15) is 0 Å². The van der Waals surface area contributed by atoms with Crippen molar-refractivity contribution in [1.82, 2.24) is 14.9 Å². The smallest absolute Gasteiger partial charge is 0.225 e. The summed E-state index contributed by atoms with van der Waals surface area (Å²) in [6, 6.07) is 1.94. The number of halogens is 1. The Labute approximate surface area is 114 Å². The van der Waals surface area contributed by atoms with E-state index in [1.807, 2.05) is 13.0 Å². The van der Waals surface area contributed by atoms with Crippen molar-refractivity contribution in [2.24, 2.45) is 5.92 Å². The topological polar surface area (TPSA) is 32.3 Å². The van der Waals surface area contributed by atoms with E-state index in [0.29, 0.717) is 11.8 Å². The maximum absolute atomic E-state index is 5.85. The van der Waals surface area contributed by atoms with Crippen molar-refractivity contribution in [1.29, 1.82) is 0 Å². The van der Waals surface area contributed by atoms with Gasteiger partial charge in [0.15, 0.2) is 0 Å². The van der Waals surface area contributed by atoms with Gasteiger partial charge in [-0.25, -0.2) is 9.97 Å². The zero-order valence-electron chi connectivity index (χ0n) is 11.4. The van der Waals surface area contributed by atoms with E-state index >= 15 is 0 Å². The van der Waals surface area contributed by atoms with Crippen LogP contribution in [-0.4, -0.2) is 48.6 Å². The highest BCUT2D eigenvalue weighted by Crippen LogP contribution is 2.18. The Bertz CT molecular complexity index is 410. The van der Waals surface area contributed by atoms with Gasteiger partial charge in [-0.2, -0.15) is 0 Å². The minimum Gasteiger partial charge on any atom is -0.344 e. The summed E-state index contributed by atoms with van der Waals surface area (Å²) >= 11 is 5.85. The van der Waals surface area contributed by atoms with Gasteiger partial charge in [0.1, 0.15) is 0 Å². The predicted molar refractivity (Wildman–Crippen MR) is 75.2 cm³/mol. The lowest BCUT2D eigenvalue weighted by atomic mass is 10.1. The second kappa shape index (κ2) is 5.85. The first kappa shape index (κ1) is 13.6. The number of anilines is 1. The van der Waals surface area contributed by atoms with Crippen LogP contribution in [0.15, 0.2) is 6.07 Å². The molecule has 1 aromatic heterocycles. The highest BCUT2D eigenvalue weighted by molar-refractivity contribution is 6.16. The van der Waals surface area contributed by atoms with Crippen LogP contribution in [-0.2, 0) is 5.88 Å². The summed E-state index contributed by atoms with van der Waals surface area (Å²) < 4.78 is 0. The van der Waals surface area contributed by atoms with Crippen LogP contribution >= 0.6 is 11.6 Å². The van der Waals surface area contributed by atoms with Crippen LogP contribution in [0.1, 0.15) is 17.8 Å². The molecule has 5 heteroatoms. The minimum absolute atomic E-state index is 0.441. The summed E-state index contributed by atoms with van der Waals surface area (Å²) in [7, 11) is 4.24. The average molecular weight is 269 g/mol.